The number of ether oxygens (including phenoxy) is 1. The van der Waals surface area contributed by atoms with E-state index in [0.29, 0.717) is 23.6 Å². The maximum atomic E-state index is 12.6. The van der Waals surface area contributed by atoms with Crippen LogP contribution in [0, 0.1) is 6.92 Å². The lowest BCUT2D eigenvalue weighted by Crippen LogP contribution is -2.17. The van der Waals surface area contributed by atoms with Crippen molar-refractivity contribution in [3.05, 3.63) is 95.2 Å². The Morgan fingerprint density at radius 3 is 2.46 bits per heavy atom. The minimum absolute atomic E-state index is 0.411. The van der Waals surface area contributed by atoms with Crippen molar-refractivity contribution in [1.29, 1.82) is 0 Å². The van der Waals surface area contributed by atoms with E-state index in [9.17, 15) is 14.7 Å². The molecule has 1 aliphatic rings. The Balaban J connectivity index is 1.33. The first kappa shape index (κ1) is 24.3. The Bertz CT molecular complexity index is 1430. The third-order valence-electron chi connectivity index (χ3n) is 6.89. The van der Waals surface area contributed by atoms with Gasteiger partial charge in [-0.3, -0.25) is 10.1 Å². The Morgan fingerprint density at radius 2 is 1.73 bits per heavy atom. The lowest BCUT2D eigenvalue weighted by atomic mass is 9.81. The average molecular weight is 497 g/mol. The van der Waals surface area contributed by atoms with Gasteiger partial charge in [-0.15, -0.1) is 0 Å². The van der Waals surface area contributed by atoms with Crippen molar-refractivity contribution in [1.82, 2.24) is 5.16 Å². The molecule has 0 bridgehead atoms. The molecule has 7 heteroatoms. The largest absolute Gasteiger partial charge is 0.481 e. The highest BCUT2D eigenvalue weighted by Gasteiger charge is 2.26. The Morgan fingerprint density at radius 1 is 1.03 bits per heavy atom. The van der Waals surface area contributed by atoms with Crippen molar-refractivity contribution in [2.45, 2.75) is 45.1 Å². The summed E-state index contributed by atoms with van der Waals surface area (Å²) in [5.41, 5.74) is 6.73. The fourth-order valence-electron chi connectivity index (χ4n) is 4.87. The molecular formula is C30H28N2O5. The number of anilines is 1. The Labute approximate surface area is 215 Å². The minimum Gasteiger partial charge on any atom is -0.481 e. The SMILES string of the molecule is Cc1onc(-c2ccc(-c3ccc4c(c3)CCCC4C(=O)O)cc2)c1NC(=O)OC(C)c1ccccc1. The summed E-state index contributed by atoms with van der Waals surface area (Å²) in [5.74, 6) is -0.710. The van der Waals surface area contributed by atoms with Gasteiger partial charge in [0.15, 0.2) is 5.76 Å². The van der Waals surface area contributed by atoms with Crippen molar-refractivity contribution in [3.63, 3.8) is 0 Å². The predicted molar refractivity (Wildman–Crippen MR) is 140 cm³/mol. The van der Waals surface area contributed by atoms with E-state index in [1.807, 2.05) is 73.7 Å². The molecule has 7 nitrogen and oxygen atoms in total. The van der Waals surface area contributed by atoms with E-state index in [2.05, 4.69) is 16.5 Å². The highest BCUT2D eigenvalue weighted by atomic mass is 16.6. The van der Waals surface area contributed by atoms with E-state index in [1.165, 1.54) is 0 Å². The zero-order chi connectivity index (χ0) is 25.9. The number of aliphatic carboxylic acids is 1. The van der Waals surface area contributed by atoms with Crippen LogP contribution in [0.3, 0.4) is 0 Å². The molecule has 0 saturated heterocycles. The fourth-order valence-corrected chi connectivity index (χ4v) is 4.87. The average Bonchev–Trinajstić information content (AvgIpc) is 3.28. The third-order valence-corrected chi connectivity index (χ3v) is 6.89. The molecule has 0 radical (unpaired) electrons. The number of aryl methyl sites for hydroxylation is 2. The van der Waals surface area contributed by atoms with Crippen LogP contribution < -0.4 is 5.32 Å². The summed E-state index contributed by atoms with van der Waals surface area (Å²) in [6.07, 6.45) is 1.45. The molecule has 2 atom stereocenters. The summed E-state index contributed by atoms with van der Waals surface area (Å²) < 4.78 is 10.9. The van der Waals surface area contributed by atoms with Crippen LogP contribution in [-0.2, 0) is 16.0 Å². The summed E-state index contributed by atoms with van der Waals surface area (Å²) in [6, 6.07) is 23.4. The molecule has 2 unspecified atom stereocenters. The number of aromatic nitrogens is 1. The van der Waals surface area contributed by atoms with Gasteiger partial charge in [0.2, 0.25) is 0 Å². The van der Waals surface area contributed by atoms with Gasteiger partial charge in [-0.1, -0.05) is 78.0 Å². The second kappa shape index (κ2) is 10.3. The molecule has 1 aliphatic carbocycles. The summed E-state index contributed by atoms with van der Waals surface area (Å²) in [6.45, 7) is 3.55. The second-order valence-corrected chi connectivity index (χ2v) is 9.32. The number of nitrogens with one attached hydrogen (secondary N) is 1. The minimum atomic E-state index is -0.760. The van der Waals surface area contributed by atoms with Crippen molar-refractivity contribution in [3.8, 4) is 22.4 Å². The Kier molecular flexibility index (Phi) is 6.77. The summed E-state index contributed by atoms with van der Waals surface area (Å²) >= 11 is 0. The van der Waals surface area contributed by atoms with Crippen LogP contribution >= 0.6 is 0 Å². The topological polar surface area (TPSA) is 102 Å². The van der Waals surface area contributed by atoms with E-state index < -0.39 is 24.1 Å². The highest BCUT2D eigenvalue weighted by molar-refractivity contribution is 5.91. The van der Waals surface area contributed by atoms with E-state index >= 15 is 0 Å². The molecule has 0 fully saturated rings. The van der Waals surface area contributed by atoms with Crippen LogP contribution in [0.15, 0.2) is 77.3 Å². The smallest absolute Gasteiger partial charge is 0.412 e. The number of rotatable bonds is 6. The van der Waals surface area contributed by atoms with Crippen LogP contribution in [0.4, 0.5) is 10.5 Å². The number of amides is 1. The molecule has 0 spiro atoms. The van der Waals surface area contributed by atoms with Gasteiger partial charge in [-0.2, -0.15) is 0 Å². The van der Waals surface area contributed by atoms with Gasteiger partial charge in [0.1, 0.15) is 17.5 Å². The lowest BCUT2D eigenvalue weighted by Gasteiger charge is -2.23. The van der Waals surface area contributed by atoms with Gasteiger partial charge in [0.25, 0.3) is 0 Å². The van der Waals surface area contributed by atoms with Gasteiger partial charge < -0.3 is 14.4 Å². The number of fused-ring (bicyclic) bond motifs is 1. The molecule has 188 valence electrons. The van der Waals surface area contributed by atoms with E-state index in [-0.39, 0.29) is 0 Å². The number of nitrogens with zero attached hydrogens (tertiary/aromatic N) is 1. The van der Waals surface area contributed by atoms with Crippen LogP contribution in [0.5, 0.6) is 0 Å². The molecule has 0 saturated carbocycles. The van der Waals surface area contributed by atoms with Gasteiger partial charge in [0, 0.05) is 5.56 Å². The number of carboxylic acid groups (broad SMARTS) is 1. The van der Waals surface area contributed by atoms with Gasteiger partial charge >= 0.3 is 12.1 Å². The van der Waals surface area contributed by atoms with E-state index in [1.54, 1.807) is 6.92 Å². The molecule has 4 aromatic rings. The maximum Gasteiger partial charge on any atom is 0.412 e. The molecule has 2 N–H and O–H groups in total. The molecule has 3 aromatic carbocycles. The number of carbonyl (C=O) groups excluding carboxylic acids is 1. The van der Waals surface area contributed by atoms with Gasteiger partial charge in [-0.25, -0.2) is 4.79 Å². The Hall–Kier alpha value is -4.39. The monoisotopic (exact) mass is 496 g/mol. The van der Waals surface area contributed by atoms with Crippen molar-refractivity contribution >= 4 is 17.7 Å². The molecule has 1 amide bonds. The number of hydrogen-bond acceptors (Lipinski definition) is 5. The van der Waals surface area contributed by atoms with E-state index in [0.717, 1.165) is 46.2 Å². The highest BCUT2D eigenvalue weighted by Crippen LogP contribution is 2.36. The molecule has 0 aliphatic heterocycles. The quantitative estimate of drug-likeness (QED) is 0.294. The normalized spacial score (nSPS) is 15.5. The predicted octanol–water partition coefficient (Wildman–Crippen LogP) is 7.13. The van der Waals surface area contributed by atoms with Crippen molar-refractivity contribution < 1.29 is 24.0 Å². The van der Waals surface area contributed by atoms with Crippen LogP contribution in [-0.4, -0.2) is 22.3 Å². The molecular weight excluding hydrogens is 468 g/mol. The number of hydrogen-bond donors (Lipinski definition) is 2. The van der Waals surface area contributed by atoms with Gasteiger partial charge in [-0.05, 0) is 60.9 Å². The molecule has 37 heavy (non-hydrogen) atoms. The van der Waals surface area contributed by atoms with Gasteiger partial charge in [0.05, 0.1) is 5.92 Å². The van der Waals surface area contributed by atoms with Crippen LogP contribution in [0.1, 0.15) is 54.2 Å². The van der Waals surface area contributed by atoms with Crippen LogP contribution in [0.25, 0.3) is 22.4 Å². The first-order chi connectivity index (χ1) is 17.9. The zero-order valence-electron chi connectivity index (χ0n) is 20.7. The van der Waals surface area contributed by atoms with E-state index in [4.69, 9.17) is 9.26 Å². The molecule has 1 aromatic heterocycles. The standard InChI is InChI=1S/C30H28N2O5/c1-18(20-7-4-3-5-8-20)36-30(35)31-27-19(2)37-32-28(27)22-13-11-21(12-14-22)23-15-16-25-24(17-23)9-6-10-26(25)29(33)34/h3-5,7-8,11-18,26H,6,9-10H2,1-2H3,(H,31,35)(H,33,34). The second-order valence-electron chi connectivity index (χ2n) is 9.32. The molecule has 5 rings (SSSR count). The maximum absolute atomic E-state index is 12.6. The molecule has 1 heterocycles. The summed E-state index contributed by atoms with van der Waals surface area (Å²) in [4.78, 5) is 24.2. The summed E-state index contributed by atoms with van der Waals surface area (Å²) in [7, 11) is 0. The first-order valence-corrected chi connectivity index (χ1v) is 12.4. The van der Waals surface area contributed by atoms with Crippen LogP contribution in [0.2, 0.25) is 0 Å². The number of benzene rings is 3. The first-order valence-electron chi connectivity index (χ1n) is 12.4. The van der Waals surface area contributed by atoms with Crippen molar-refractivity contribution in [2.24, 2.45) is 0 Å². The fraction of sp³-hybridized carbons (Fsp3) is 0.233. The zero-order valence-corrected chi connectivity index (χ0v) is 20.7. The number of carbonyl (C=O) groups is 2. The van der Waals surface area contributed by atoms with Crippen molar-refractivity contribution in [2.75, 3.05) is 5.32 Å². The summed E-state index contributed by atoms with van der Waals surface area (Å²) in [5, 5.41) is 16.5. The number of carboxylic acids is 1. The lowest BCUT2D eigenvalue weighted by molar-refractivity contribution is -0.139. The third kappa shape index (κ3) is 5.11.